The first kappa shape index (κ1) is 13.8. The fourth-order valence-electron chi connectivity index (χ4n) is 1.14. The first-order valence-corrected chi connectivity index (χ1v) is 4.22. The minimum absolute atomic E-state index is 0.327. The maximum Gasteiger partial charge on any atom is 0.455 e. The molecular formula is C9H6F7N. The van der Waals surface area contributed by atoms with Crippen LogP contribution in [0.5, 0.6) is 0 Å². The van der Waals surface area contributed by atoms with Crippen molar-refractivity contribution in [2.45, 2.75) is 18.1 Å². The van der Waals surface area contributed by atoms with E-state index in [0.717, 1.165) is 0 Å². The van der Waals surface area contributed by atoms with E-state index < -0.39 is 35.3 Å². The number of rotatable bonds is 2. The summed E-state index contributed by atoms with van der Waals surface area (Å²) in [5, 5.41) is 0. The molecule has 8 heteroatoms. The van der Waals surface area contributed by atoms with E-state index in [-0.39, 0.29) is 0 Å². The van der Waals surface area contributed by atoms with Crippen molar-refractivity contribution < 1.29 is 30.7 Å². The number of nitrogens with two attached hydrogens (primary N) is 1. The highest BCUT2D eigenvalue weighted by Gasteiger charge is 2.61. The average molecular weight is 261 g/mol. The second-order valence-electron chi connectivity index (χ2n) is 3.30. The monoisotopic (exact) mass is 261 g/mol. The third-order valence-corrected chi connectivity index (χ3v) is 2.01. The molecule has 1 atom stereocenters. The Morgan fingerprint density at radius 2 is 1.29 bits per heavy atom. The van der Waals surface area contributed by atoms with E-state index >= 15 is 0 Å². The van der Waals surface area contributed by atoms with Crippen LogP contribution in [0.4, 0.5) is 30.7 Å². The third kappa shape index (κ3) is 2.68. The van der Waals surface area contributed by atoms with Crippen LogP contribution in [0.25, 0.3) is 0 Å². The van der Waals surface area contributed by atoms with Gasteiger partial charge in [-0.25, -0.2) is 8.78 Å². The van der Waals surface area contributed by atoms with Crippen LogP contribution in [-0.2, 0) is 0 Å². The van der Waals surface area contributed by atoms with Crippen molar-refractivity contribution in [2.24, 2.45) is 5.73 Å². The van der Waals surface area contributed by atoms with Gasteiger partial charge in [-0.1, -0.05) is 0 Å². The van der Waals surface area contributed by atoms with E-state index in [4.69, 9.17) is 5.73 Å². The van der Waals surface area contributed by atoms with Gasteiger partial charge in [0.1, 0.15) is 17.7 Å². The summed E-state index contributed by atoms with van der Waals surface area (Å²) in [4.78, 5) is 0. The lowest BCUT2D eigenvalue weighted by Gasteiger charge is -2.25. The smallest absolute Gasteiger partial charge is 0.319 e. The minimum Gasteiger partial charge on any atom is -0.319 e. The van der Waals surface area contributed by atoms with Crippen LogP contribution < -0.4 is 5.73 Å². The number of hydrogen-bond acceptors (Lipinski definition) is 1. The van der Waals surface area contributed by atoms with Gasteiger partial charge in [0.15, 0.2) is 0 Å². The molecule has 0 heterocycles. The summed E-state index contributed by atoms with van der Waals surface area (Å²) in [6, 6.07) is -1.88. The predicted octanol–water partition coefficient (Wildman–Crippen LogP) is 3.16. The van der Waals surface area contributed by atoms with Crippen molar-refractivity contribution in [1.82, 2.24) is 0 Å². The average Bonchev–Trinajstić information content (AvgIpc) is 2.13. The molecule has 0 radical (unpaired) electrons. The highest BCUT2D eigenvalue weighted by Crippen LogP contribution is 2.43. The Balaban J connectivity index is 3.16. The molecule has 0 saturated heterocycles. The Labute approximate surface area is 91.0 Å². The van der Waals surface area contributed by atoms with E-state index in [1.807, 2.05) is 0 Å². The molecule has 96 valence electrons. The summed E-state index contributed by atoms with van der Waals surface area (Å²) in [6.07, 6.45) is -5.89. The van der Waals surface area contributed by atoms with Crippen molar-refractivity contribution >= 4 is 0 Å². The molecule has 0 unspecified atom stereocenters. The molecule has 0 spiro atoms. The molecule has 0 aromatic heterocycles. The Kier molecular flexibility index (Phi) is 3.37. The van der Waals surface area contributed by atoms with Crippen LogP contribution >= 0.6 is 0 Å². The molecule has 0 fully saturated rings. The SMILES string of the molecule is N[C@H](c1cc(F)cc(F)c1)C(F)(F)C(F)(F)F. The first-order chi connectivity index (χ1) is 7.55. The van der Waals surface area contributed by atoms with Gasteiger partial charge >= 0.3 is 12.1 Å². The summed E-state index contributed by atoms with van der Waals surface area (Å²) < 4.78 is 86.7. The minimum atomic E-state index is -5.89. The zero-order valence-electron chi connectivity index (χ0n) is 8.03. The van der Waals surface area contributed by atoms with Gasteiger partial charge in [0.2, 0.25) is 0 Å². The van der Waals surface area contributed by atoms with Gasteiger partial charge in [0, 0.05) is 6.07 Å². The number of alkyl halides is 5. The van der Waals surface area contributed by atoms with Crippen molar-refractivity contribution in [2.75, 3.05) is 0 Å². The standard InChI is InChI=1S/C9H6F7N/c10-5-1-4(2-6(11)3-5)7(17)8(12,13)9(14,15)16/h1-3,7H,17H2/t7-/m1/s1. The zero-order chi connectivity index (χ0) is 13.4. The summed E-state index contributed by atoms with van der Waals surface area (Å²) in [5.41, 5.74) is 3.73. The van der Waals surface area contributed by atoms with Gasteiger partial charge in [0.25, 0.3) is 0 Å². The van der Waals surface area contributed by atoms with Crippen molar-refractivity contribution in [3.8, 4) is 0 Å². The van der Waals surface area contributed by atoms with Crippen LogP contribution in [0, 0.1) is 11.6 Å². The van der Waals surface area contributed by atoms with Gasteiger partial charge in [-0.15, -0.1) is 0 Å². The number of hydrogen-bond donors (Lipinski definition) is 1. The fraction of sp³-hybridized carbons (Fsp3) is 0.333. The molecule has 1 nitrogen and oxygen atoms in total. The van der Waals surface area contributed by atoms with Crippen molar-refractivity contribution in [3.63, 3.8) is 0 Å². The summed E-state index contributed by atoms with van der Waals surface area (Å²) in [7, 11) is 0. The Hall–Kier alpha value is -1.31. The van der Waals surface area contributed by atoms with Crippen LogP contribution in [0.1, 0.15) is 11.6 Å². The molecular weight excluding hydrogens is 255 g/mol. The molecule has 1 aromatic carbocycles. The predicted molar refractivity (Wildman–Crippen MR) is 44.3 cm³/mol. The normalized spacial score (nSPS) is 14.8. The largest absolute Gasteiger partial charge is 0.455 e. The Bertz CT molecular complexity index is 392. The van der Waals surface area contributed by atoms with Crippen molar-refractivity contribution in [3.05, 3.63) is 35.4 Å². The highest BCUT2D eigenvalue weighted by atomic mass is 19.4. The van der Waals surface area contributed by atoms with Crippen LogP contribution in [0.2, 0.25) is 0 Å². The lowest BCUT2D eigenvalue weighted by atomic mass is 10.0. The highest BCUT2D eigenvalue weighted by molar-refractivity contribution is 5.23. The molecule has 17 heavy (non-hydrogen) atoms. The van der Waals surface area contributed by atoms with Gasteiger partial charge in [0.05, 0.1) is 0 Å². The second-order valence-corrected chi connectivity index (χ2v) is 3.30. The third-order valence-electron chi connectivity index (χ3n) is 2.01. The molecule has 0 aliphatic heterocycles. The molecule has 1 aromatic rings. The second kappa shape index (κ2) is 4.17. The van der Waals surface area contributed by atoms with Crippen LogP contribution in [0.3, 0.4) is 0 Å². The molecule has 0 amide bonds. The van der Waals surface area contributed by atoms with Crippen LogP contribution in [-0.4, -0.2) is 12.1 Å². The lowest BCUT2D eigenvalue weighted by molar-refractivity contribution is -0.291. The van der Waals surface area contributed by atoms with Crippen molar-refractivity contribution in [1.29, 1.82) is 0 Å². The summed E-state index contributed by atoms with van der Waals surface area (Å²) in [6.45, 7) is 0. The van der Waals surface area contributed by atoms with E-state index in [0.29, 0.717) is 18.2 Å². The number of benzene rings is 1. The summed E-state index contributed by atoms with van der Waals surface area (Å²) >= 11 is 0. The van der Waals surface area contributed by atoms with Gasteiger partial charge in [-0.2, -0.15) is 22.0 Å². The molecule has 1 rings (SSSR count). The number of halogens is 7. The quantitative estimate of drug-likeness (QED) is 0.813. The molecule has 0 aliphatic rings. The topological polar surface area (TPSA) is 26.0 Å². The fourth-order valence-corrected chi connectivity index (χ4v) is 1.14. The van der Waals surface area contributed by atoms with E-state index in [1.54, 1.807) is 0 Å². The maximum atomic E-state index is 12.8. The van der Waals surface area contributed by atoms with Gasteiger partial charge in [-0.05, 0) is 17.7 Å². The van der Waals surface area contributed by atoms with Crippen LogP contribution in [0.15, 0.2) is 18.2 Å². The molecule has 0 saturated carbocycles. The Morgan fingerprint density at radius 3 is 1.65 bits per heavy atom. The molecule has 0 aliphatic carbocycles. The zero-order valence-corrected chi connectivity index (χ0v) is 8.03. The van der Waals surface area contributed by atoms with Gasteiger partial charge in [-0.3, -0.25) is 0 Å². The molecule has 0 bridgehead atoms. The first-order valence-electron chi connectivity index (χ1n) is 4.22. The summed E-state index contributed by atoms with van der Waals surface area (Å²) in [5.74, 6) is -7.84. The lowest BCUT2D eigenvalue weighted by Crippen LogP contribution is -2.45. The van der Waals surface area contributed by atoms with Gasteiger partial charge < -0.3 is 5.73 Å². The van der Waals surface area contributed by atoms with E-state index in [9.17, 15) is 30.7 Å². The molecule has 2 N–H and O–H groups in total. The van der Waals surface area contributed by atoms with E-state index in [1.165, 1.54) is 0 Å². The van der Waals surface area contributed by atoms with E-state index in [2.05, 4.69) is 0 Å². The maximum absolute atomic E-state index is 12.8. The Morgan fingerprint density at radius 1 is 0.882 bits per heavy atom.